The van der Waals surface area contributed by atoms with E-state index in [2.05, 4.69) is 30.1 Å². The molecule has 0 saturated carbocycles. The predicted molar refractivity (Wildman–Crippen MR) is 143 cm³/mol. The fourth-order valence-electron chi connectivity index (χ4n) is 3.80. The Kier molecular flexibility index (Phi) is 9.96. The smallest absolute Gasteiger partial charge is 0.328 e. The quantitative estimate of drug-likeness (QED) is 0.181. The maximum atomic E-state index is 10.9. The SMILES string of the molecule is NCCOCCOCCNc1nc(Oc2ccccc2)nc(N2CCN(c3ccc([N+](=O)[O-])cc3)CC2)n1. The van der Waals surface area contributed by atoms with Gasteiger partial charge in [0.05, 0.1) is 31.4 Å². The Morgan fingerprint density at radius 1 is 0.868 bits per heavy atom. The number of para-hydroxylation sites is 1. The first-order valence-electron chi connectivity index (χ1n) is 12.4. The van der Waals surface area contributed by atoms with Gasteiger partial charge in [-0.3, -0.25) is 10.1 Å². The summed E-state index contributed by atoms with van der Waals surface area (Å²) in [5, 5.41) is 14.1. The van der Waals surface area contributed by atoms with Crippen molar-refractivity contribution < 1.29 is 19.1 Å². The topological polar surface area (TPSA) is 154 Å². The van der Waals surface area contributed by atoms with Crippen LogP contribution in [0.1, 0.15) is 0 Å². The highest BCUT2D eigenvalue weighted by molar-refractivity contribution is 5.52. The lowest BCUT2D eigenvalue weighted by Gasteiger charge is -2.36. The van der Waals surface area contributed by atoms with Gasteiger partial charge in [0.15, 0.2) is 0 Å². The van der Waals surface area contributed by atoms with E-state index >= 15 is 0 Å². The van der Waals surface area contributed by atoms with Crippen molar-refractivity contribution in [3.8, 4) is 11.8 Å². The molecule has 2 aromatic carbocycles. The standard InChI is InChI=1S/C25H32N8O5/c26-10-16-36-18-19-37-17-11-27-23-28-24(30-25(29-23)38-22-4-2-1-3-5-22)32-14-12-31(13-15-32)20-6-8-21(9-7-20)33(34)35/h1-9H,10-19,26H2,(H,27,28,29,30). The van der Waals surface area contributed by atoms with Crippen molar-refractivity contribution >= 4 is 23.3 Å². The number of hydrogen-bond acceptors (Lipinski definition) is 12. The molecule has 1 aliphatic rings. The summed E-state index contributed by atoms with van der Waals surface area (Å²) in [6.45, 7) is 5.68. The Morgan fingerprint density at radius 2 is 1.55 bits per heavy atom. The zero-order chi connectivity index (χ0) is 26.6. The van der Waals surface area contributed by atoms with E-state index in [1.807, 2.05) is 30.3 Å². The average molecular weight is 525 g/mol. The van der Waals surface area contributed by atoms with E-state index in [1.54, 1.807) is 12.1 Å². The van der Waals surface area contributed by atoms with Crippen LogP contribution in [0.25, 0.3) is 0 Å². The maximum absolute atomic E-state index is 10.9. The van der Waals surface area contributed by atoms with Crippen molar-refractivity contribution in [1.29, 1.82) is 0 Å². The fraction of sp³-hybridized carbons (Fsp3) is 0.400. The summed E-state index contributed by atoms with van der Waals surface area (Å²) in [6, 6.07) is 16.1. The largest absolute Gasteiger partial charge is 0.424 e. The molecule has 3 aromatic rings. The van der Waals surface area contributed by atoms with E-state index in [0.717, 1.165) is 5.69 Å². The molecule has 0 aliphatic carbocycles. The molecular formula is C25H32N8O5. The van der Waals surface area contributed by atoms with Gasteiger partial charge in [0.25, 0.3) is 5.69 Å². The summed E-state index contributed by atoms with van der Waals surface area (Å²) < 4.78 is 16.8. The highest BCUT2D eigenvalue weighted by atomic mass is 16.6. The van der Waals surface area contributed by atoms with Gasteiger partial charge in [-0.1, -0.05) is 18.2 Å². The van der Waals surface area contributed by atoms with Crippen LogP contribution in [0.2, 0.25) is 0 Å². The number of piperazine rings is 1. The third-order valence-electron chi connectivity index (χ3n) is 5.71. The first kappa shape index (κ1) is 27.0. The van der Waals surface area contributed by atoms with Crippen molar-refractivity contribution in [1.82, 2.24) is 15.0 Å². The number of non-ortho nitro benzene ring substituents is 1. The molecule has 1 aromatic heterocycles. The van der Waals surface area contributed by atoms with Crippen LogP contribution in [0.5, 0.6) is 11.8 Å². The van der Waals surface area contributed by atoms with Crippen molar-refractivity contribution in [3.05, 3.63) is 64.7 Å². The number of nitrogens with one attached hydrogen (secondary N) is 1. The normalized spacial score (nSPS) is 13.4. The molecule has 1 saturated heterocycles. The number of aromatic nitrogens is 3. The van der Waals surface area contributed by atoms with Crippen molar-refractivity contribution in [2.45, 2.75) is 0 Å². The van der Waals surface area contributed by atoms with Gasteiger partial charge >= 0.3 is 6.01 Å². The molecular weight excluding hydrogens is 492 g/mol. The molecule has 1 aliphatic heterocycles. The Balaban J connectivity index is 1.38. The van der Waals surface area contributed by atoms with Crippen molar-refractivity contribution in [2.24, 2.45) is 5.73 Å². The number of nitro benzene ring substituents is 1. The second-order valence-corrected chi connectivity index (χ2v) is 8.34. The molecule has 0 unspecified atom stereocenters. The molecule has 0 bridgehead atoms. The molecule has 202 valence electrons. The molecule has 13 heteroatoms. The van der Waals surface area contributed by atoms with Crippen molar-refractivity contribution in [3.63, 3.8) is 0 Å². The summed E-state index contributed by atoms with van der Waals surface area (Å²) >= 11 is 0. The molecule has 0 amide bonds. The van der Waals surface area contributed by atoms with Gasteiger partial charge in [0.2, 0.25) is 11.9 Å². The molecule has 13 nitrogen and oxygen atoms in total. The lowest BCUT2D eigenvalue weighted by Crippen LogP contribution is -2.47. The monoisotopic (exact) mass is 524 g/mol. The van der Waals surface area contributed by atoms with E-state index in [-0.39, 0.29) is 11.7 Å². The number of nitro groups is 1. The summed E-state index contributed by atoms with van der Waals surface area (Å²) in [5.74, 6) is 1.52. The van der Waals surface area contributed by atoms with Crippen LogP contribution < -0.4 is 25.6 Å². The Morgan fingerprint density at radius 3 is 2.24 bits per heavy atom. The van der Waals surface area contributed by atoms with Gasteiger partial charge in [0, 0.05) is 57.1 Å². The Bertz CT molecular complexity index is 1140. The van der Waals surface area contributed by atoms with Crippen LogP contribution in [-0.4, -0.2) is 85.6 Å². The highest BCUT2D eigenvalue weighted by Gasteiger charge is 2.22. The van der Waals surface area contributed by atoms with Crippen molar-refractivity contribution in [2.75, 3.05) is 80.8 Å². The molecule has 2 heterocycles. The molecule has 38 heavy (non-hydrogen) atoms. The van der Waals surface area contributed by atoms with E-state index in [4.69, 9.17) is 19.9 Å². The number of benzene rings is 2. The minimum Gasteiger partial charge on any atom is -0.424 e. The fourth-order valence-corrected chi connectivity index (χ4v) is 3.80. The number of nitrogens with zero attached hydrogens (tertiary/aromatic N) is 6. The van der Waals surface area contributed by atoms with Gasteiger partial charge in [-0.2, -0.15) is 15.0 Å². The lowest BCUT2D eigenvalue weighted by atomic mass is 10.2. The van der Waals surface area contributed by atoms with Gasteiger partial charge in [0.1, 0.15) is 5.75 Å². The third-order valence-corrected chi connectivity index (χ3v) is 5.71. The van der Waals surface area contributed by atoms with Gasteiger partial charge < -0.3 is 35.1 Å². The average Bonchev–Trinajstić information content (AvgIpc) is 2.95. The van der Waals surface area contributed by atoms with Crippen LogP contribution in [0, 0.1) is 10.1 Å². The van der Waals surface area contributed by atoms with Crippen LogP contribution in [0.15, 0.2) is 54.6 Å². The van der Waals surface area contributed by atoms with E-state index in [0.29, 0.717) is 83.3 Å². The molecule has 3 N–H and O–H groups in total. The number of ether oxygens (including phenoxy) is 3. The predicted octanol–water partition coefficient (Wildman–Crippen LogP) is 2.30. The zero-order valence-electron chi connectivity index (χ0n) is 21.1. The molecule has 4 rings (SSSR count). The second kappa shape index (κ2) is 14.0. The number of nitrogens with two attached hydrogens (primary N) is 1. The van der Waals surface area contributed by atoms with Gasteiger partial charge in [-0.15, -0.1) is 0 Å². The van der Waals surface area contributed by atoms with E-state index < -0.39 is 4.92 Å². The first-order chi connectivity index (χ1) is 18.6. The summed E-state index contributed by atoms with van der Waals surface area (Å²) in [7, 11) is 0. The zero-order valence-corrected chi connectivity index (χ0v) is 21.1. The lowest BCUT2D eigenvalue weighted by molar-refractivity contribution is -0.384. The number of hydrogen-bond donors (Lipinski definition) is 2. The van der Waals surface area contributed by atoms with Crippen LogP contribution >= 0.6 is 0 Å². The Hall–Kier alpha value is -4.07. The maximum Gasteiger partial charge on any atom is 0.328 e. The Labute approximate surface area is 220 Å². The minimum atomic E-state index is -0.396. The van der Waals surface area contributed by atoms with Gasteiger partial charge in [-0.05, 0) is 24.3 Å². The summed E-state index contributed by atoms with van der Waals surface area (Å²) in [6.07, 6.45) is 0. The van der Waals surface area contributed by atoms with Crippen LogP contribution in [-0.2, 0) is 9.47 Å². The van der Waals surface area contributed by atoms with E-state index in [1.165, 1.54) is 12.1 Å². The van der Waals surface area contributed by atoms with E-state index in [9.17, 15) is 10.1 Å². The van der Waals surface area contributed by atoms with Crippen LogP contribution in [0.3, 0.4) is 0 Å². The third kappa shape index (κ3) is 7.96. The summed E-state index contributed by atoms with van der Waals surface area (Å²) in [5.41, 5.74) is 6.42. The molecule has 0 spiro atoms. The molecule has 0 radical (unpaired) electrons. The first-order valence-corrected chi connectivity index (χ1v) is 12.4. The highest BCUT2D eigenvalue weighted by Crippen LogP contribution is 2.24. The second-order valence-electron chi connectivity index (χ2n) is 8.34. The minimum absolute atomic E-state index is 0.0777. The van der Waals surface area contributed by atoms with Crippen LogP contribution in [0.4, 0.5) is 23.3 Å². The number of anilines is 3. The summed E-state index contributed by atoms with van der Waals surface area (Å²) in [4.78, 5) is 28.4. The number of rotatable bonds is 14. The van der Waals surface area contributed by atoms with Gasteiger partial charge in [-0.25, -0.2) is 0 Å². The molecule has 0 atom stereocenters. The molecule has 1 fully saturated rings.